The number of nitrogens with zero attached hydrogens (tertiary/aromatic N) is 4. The molecule has 0 radical (unpaired) electrons. The maximum atomic E-state index is 13.7. The molecule has 2 aromatic carbocycles. The Hall–Kier alpha value is -4.63. The molecule has 5 rings (SSSR count). The largest absolute Gasteiger partial charge is 0.444 e. The molecule has 3 heterocycles. The summed E-state index contributed by atoms with van der Waals surface area (Å²) in [5, 5.41) is 12.7. The molecule has 1 spiro atoms. The number of rotatable bonds is 5. The number of carbonyl (C=O) groups is 4. The molecule has 12 nitrogen and oxygen atoms in total. The van der Waals surface area contributed by atoms with E-state index in [4.69, 9.17) is 14.2 Å². The molecule has 3 aliphatic rings. The second kappa shape index (κ2) is 14.3. The van der Waals surface area contributed by atoms with Crippen LogP contribution in [0.25, 0.3) is 11.1 Å². The SMILES string of the molecule is CN1C(=O)C2(CCN(C(=O)OC(C)(C)C)CC2)c2cc(-c3ccc(C[C@@H](C#N)NC(=O)[C@@H]4CN(C(=O)OC(C)(C)C)CCCO4)cc3)ccc21. The summed E-state index contributed by atoms with van der Waals surface area (Å²) in [5.41, 5.74) is 2.65. The van der Waals surface area contributed by atoms with Gasteiger partial charge in [0.2, 0.25) is 5.91 Å². The van der Waals surface area contributed by atoms with Crippen molar-refractivity contribution in [3.63, 3.8) is 0 Å². The fourth-order valence-electron chi connectivity index (χ4n) is 6.76. The Morgan fingerprint density at radius 3 is 2.14 bits per heavy atom. The Kier molecular flexibility index (Phi) is 10.5. The predicted octanol–water partition coefficient (Wildman–Crippen LogP) is 5.18. The predicted molar refractivity (Wildman–Crippen MR) is 187 cm³/mol. The first-order chi connectivity index (χ1) is 23.5. The van der Waals surface area contributed by atoms with Crippen molar-refractivity contribution in [3.8, 4) is 17.2 Å². The Labute approximate surface area is 294 Å². The van der Waals surface area contributed by atoms with Crippen LogP contribution in [0.15, 0.2) is 42.5 Å². The lowest BCUT2D eigenvalue weighted by Crippen LogP contribution is -2.50. The zero-order chi connectivity index (χ0) is 36.4. The third-order valence-corrected chi connectivity index (χ3v) is 9.28. The topological polar surface area (TPSA) is 142 Å². The molecule has 0 unspecified atom stereocenters. The lowest BCUT2D eigenvalue weighted by molar-refractivity contribution is -0.133. The van der Waals surface area contributed by atoms with Gasteiger partial charge >= 0.3 is 12.2 Å². The van der Waals surface area contributed by atoms with Gasteiger partial charge in [-0.3, -0.25) is 9.59 Å². The number of ether oxygens (including phenoxy) is 3. The number of amides is 4. The summed E-state index contributed by atoms with van der Waals surface area (Å²) in [6.45, 7) is 12.5. The Morgan fingerprint density at radius 2 is 1.54 bits per heavy atom. The van der Waals surface area contributed by atoms with Crippen molar-refractivity contribution in [2.75, 3.05) is 44.7 Å². The first kappa shape index (κ1) is 36.6. The van der Waals surface area contributed by atoms with Gasteiger partial charge in [-0.25, -0.2) is 9.59 Å². The lowest BCUT2D eigenvalue weighted by atomic mass is 9.73. The van der Waals surface area contributed by atoms with E-state index in [2.05, 4.69) is 17.5 Å². The second-order valence-electron chi connectivity index (χ2n) is 15.4. The van der Waals surface area contributed by atoms with Crippen molar-refractivity contribution in [2.45, 2.75) is 96.0 Å². The smallest absolute Gasteiger partial charge is 0.410 e. The first-order valence-corrected chi connectivity index (χ1v) is 17.3. The standard InChI is InChI=1S/C38H49N5O7/c1-36(2,3)49-34(46)42-18-15-38(16-19-42)29-22-27(13-14-30(29)41(7)33(38)45)26-11-9-25(10-12-26)21-28(23-39)40-32(44)31-24-43(17-8-20-48-31)35(47)50-37(4,5)6/h9-14,22,28,31H,8,15-21,24H2,1-7H3,(H,40,44)/t28-,31-/m0/s1. The van der Waals surface area contributed by atoms with Crippen molar-refractivity contribution in [2.24, 2.45) is 0 Å². The van der Waals surface area contributed by atoms with E-state index in [0.29, 0.717) is 45.5 Å². The molecule has 2 atom stereocenters. The summed E-state index contributed by atoms with van der Waals surface area (Å²) < 4.78 is 16.8. The molecule has 50 heavy (non-hydrogen) atoms. The van der Waals surface area contributed by atoms with Gasteiger partial charge in [0.05, 0.1) is 18.0 Å². The van der Waals surface area contributed by atoms with E-state index in [1.54, 1.807) is 37.6 Å². The highest BCUT2D eigenvalue weighted by Gasteiger charge is 2.51. The summed E-state index contributed by atoms with van der Waals surface area (Å²) in [7, 11) is 1.80. The van der Waals surface area contributed by atoms with Gasteiger partial charge in [0.1, 0.15) is 17.2 Å². The number of nitrogens with one attached hydrogen (secondary N) is 1. The molecule has 0 saturated carbocycles. The number of carbonyl (C=O) groups excluding carboxylic acids is 4. The van der Waals surface area contributed by atoms with Crippen molar-refractivity contribution < 1.29 is 33.4 Å². The fraction of sp³-hybridized carbons (Fsp3) is 0.553. The third-order valence-electron chi connectivity index (χ3n) is 9.28. The average Bonchev–Trinajstić information content (AvgIpc) is 3.22. The Morgan fingerprint density at radius 1 is 0.940 bits per heavy atom. The molecule has 0 aromatic heterocycles. The summed E-state index contributed by atoms with van der Waals surface area (Å²) in [4.78, 5) is 57.1. The summed E-state index contributed by atoms with van der Waals surface area (Å²) in [6.07, 6.45) is 0.100. The van der Waals surface area contributed by atoms with Crippen molar-refractivity contribution in [1.82, 2.24) is 15.1 Å². The number of piperidine rings is 1. The summed E-state index contributed by atoms with van der Waals surface area (Å²) in [5.74, 6) is -0.410. The monoisotopic (exact) mass is 687 g/mol. The van der Waals surface area contributed by atoms with E-state index in [-0.39, 0.29) is 25.0 Å². The van der Waals surface area contributed by atoms with Gasteiger partial charge in [0.25, 0.3) is 5.91 Å². The van der Waals surface area contributed by atoms with Crippen LogP contribution >= 0.6 is 0 Å². The van der Waals surface area contributed by atoms with Gasteiger partial charge in [0, 0.05) is 45.4 Å². The summed E-state index contributed by atoms with van der Waals surface area (Å²) in [6, 6.07) is 15.2. The minimum absolute atomic E-state index is 0.0407. The highest BCUT2D eigenvalue weighted by molar-refractivity contribution is 6.08. The van der Waals surface area contributed by atoms with Crippen LogP contribution in [0.4, 0.5) is 15.3 Å². The van der Waals surface area contributed by atoms with Crippen LogP contribution in [0.3, 0.4) is 0 Å². The van der Waals surface area contributed by atoms with Gasteiger partial charge in [-0.1, -0.05) is 30.3 Å². The molecule has 12 heteroatoms. The minimum Gasteiger partial charge on any atom is -0.444 e. The van der Waals surface area contributed by atoms with Crippen LogP contribution in [0, 0.1) is 11.3 Å². The van der Waals surface area contributed by atoms with Gasteiger partial charge in [0.15, 0.2) is 6.10 Å². The van der Waals surface area contributed by atoms with Gasteiger partial charge in [-0.15, -0.1) is 0 Å². The maximum Gasteiger partial charge on any atom is 0.410 e. The minimum atomic E-state index is -0.915. The van der Waals surface area contributed by atoms with Gasteiger partial charge in [-0.05, 0) is 95.2 Å². The van der Waals surface area contributed by atoms with Crippen LogP contribution in [-0.4, -0.2) is 97.0 Å². The van der Waals surface area contributed by atoms with E-state index in [1.807, 2.05) is 57.2 Å². The second-order valence-corrected chi connectivity index (χ2v) is 15.4. The highest BCUT2D eigenvalue weighted by Crippen LogP contribution is 2.48. The van der Waals surface area contributed by atoms with E-state index in [9.17, 15) is 24.4 Å². The quantitative estimate of drug-likeness (QED) is 0.454. The molecule has 2 aromatic rings. The maximum absolute atomic E-state index is 13.7. The molecule has 2 fully saturated rings. The average molecular weight is 688 g/mol. The molecule has 3 aliphatic heterocycles. The zero-order valence-corrected chi connectivity index (χ0v) is 30.2. The molecule has 0 bridgehead atoms. The number of benzene rings is 2. The van der Waals surface area contributed by atoms with Crippen LogP contribution < -0.4 is 10.2 Å². The number of likely N-dealkylation sites (N-methyl/N-ethyl adjacent to an activating group) is 1. The third kappa shape index (κ3) is 8.21. The number of hydrogen-bond acceptors (Lipinski definition) is 8. The van der Waals surface area contributed by atoms with Crippen LogP contribution in [0.5, 0.6) is 0 Å². The van der Waals surface area contributed by atoms with Crippen molar-refractivity contribution in [3.05, 3.63) is 53.6 Å². The number of fused-ring (bicyclic) bond motifs is 2. The van der Waals surface area contributed by atoms with Gasteiger partial charge in [-0.2, -0.15) is 5.26 Å². The number of hydrogen-bond donors (Lipinski definition) is 1. The molecule has 1 N–H and O–H groups in total. The van der Waals surface area contributed by atoms with Gasteiger partial charge < -0.3 is 34.2 Å². The van der Waals surface area contributed by atoms with Crippen LogP contribution in [0.1, 0.15) is 71.9 Å². The first-order valence-electron chi connectivity index (χ1n) is 17.3. The normalized spacial score (nSPS) is 19.7. The lowest BCUT2D eigenvalue weighted by Gasteiger charge is -2.38. The van der Waals surface area contributed by atoms with E-state index >= 15 is 0 Å². The Balaban J connectivity index is 1.24. The van der Waals surface area contributed by atoms with Crippen LogP contribution in [0.2, 0.25) is 0 Å². The molecule has 2 saturated heterocycles. The number of nitriles is 1. The molecule has 268 valence electrons. The van der Waals surface area contributed by atoms with Crippen LogP contribution in [-0.2, 0) is 35.6 Å². The highest BCUT2D eigenvalue weighted by atomic mass is 16.6. The Bertz CT molecular complexity index is 1650. The van der Waals surface area contributed by atoms with E-state index in [1.165, 1.54) is 4.90 Å². The fourth-order valence-corrected chi connectivity index (χ4v) is 6.76. The molecular formula is C38H49N5O7. The molecule has 0 aliphatic carbocycles. The molecule has 4 amide bonds. The zero-order valence-electron chi connectivity index (χ0n) is 30.2. The van der Waals surface area contributed by atoms with E-state index < -0.39 is 40.8 Å². The van der Waals surface area contributed by atoms with Crippen molar-refractivity contribution >= 4 is 29.7 Å². The number of anilines is 1. The number of likely N-dealkylation sites (tertiary alicyclic amines) is 1. The van der Waals surface area contributed by atoms with Crippen molar-refractivity contribution in [1.29, 1.82) is 5.26 Å². The van der Waals surface area contributed by atoms with E-state index in [0.717, 1.165) is 27.9 Å². The molecular weight excluding hydrogens is 638 g/mol. The summed E-state index contributed by atoms with van der Waals surface area (Å²) >= 11 is 0.